The molecule has 0 aliphatic heterocycles. The van der Waals surface area contributed by atoms with E-state index in [0.29, 0.717) is 29.6 Å². The fourth-order valence-electron chi connectivity index (χ4n) is 2.32. The van der Waals surface area contributed by atoms with E-state index in [1.54, 1.807) is 12.1 Å². The molecule has 1 aromatic carbocycles. The van der Waals surface area contributed by atoms with Gasteiger partial charge in [0.25, 0.3) is 0 Å². The van der Waals surface area contributed by atoms with Gasteiger partial charge < -0.3 is 9.72 Å². The van der Waals surface area contributed by atoms with E-state index < -0.39 is 5.97 Å². The van der Waals surface area contributed by atoms with Crippen molar-refractivity contribution in [3.63, 3.8) is 0 Å². The maximum atomic E-state index is 12.7. The number of para-hydroxylation sites is 1. The van der Waals surface area contributed by atoms with Crippen LogP contribution in [0.2, 0.25) is 0 Å². The van der Waals surface area contributed by atoms with Gasteiger partial charge in [-0.05, 0) is 30.0 Å². The molecular formula is C17H15NO3S. The van der Waals surface area contributed by atoms with Crippen molar-refractivity contribution in [2.75, 3.05) is 6.61 Å². The van der Waals surface area contributed by atoms with Gasteiger partial charge >= 0.3 is 5.97 Å². The molecule has 0 amide bonds. The molecule has 0 saturated carbocycles. The van der Waals surface area contributed by atoms with Crippen LogP contribution in [-0.4, -0.2) is 17.6 Å². The number of carbonyl (C=O) groups is 1. The zero-order valence-electron chi connectivity index (χ0n) is 12.1. The average Bonchev–Trinajstić information content (AvgIpc) is 3.07. The van der Waals surface area contributed by atoms with Gasteiger partial charge in [-0.1, -0.05) is 19.1 Å². The molecule has 0 atom stereocenters. The summed E-state index contributed by atoms with van der Waals surface area (Å²) in [5.41, 5.74) is 1.82. The van der Waals surface area contributed by atoms with Crippen LogP contribution in [0.3, 0.4) is 0 Å². The Labute approximate surface area is 131 Å². The average molecular weight is 313 g/mol. The van der Waals surface area contributed by atoms with Crippen molar-refractivity contribution in [3.8, 4) is 11.3 Å². The first-order chi connectivity index (χ1) is 10.7. The van der Waals surface area contributed by atoms with Crippen molar-refractivity contribution < 1.29 is 9.53 Å². The van der Waals surface area contributed by atoms with Gasteiger partial charge in [0.2, 0.25) is 5.43 Å². The third-order valence-electron chi connectivity index (χ3n) is 3.36. The Hall–Kier alpha value is -2.40. The SMILES string of the molecule is CCCOC(=O)c1c(-c2ccsc2)[nH]c2ccccc2c1=O. The maximum Gasteiger partial charge on any atom is 0.344 e. The van der Waals surface area contributed by atoms with Crippen molar-refractivity contribution in [2.24, 2.45) is 0 Å². The number of hydrogen-bond acceptors (Lipinski definition) is 4. The van der Waals surface area contributed by atoms with E-state index in [2.05, 4.69) is 4.98 Å². The monoisotopic (exact) mass is 313 g/mol. The predicted molar refractivity (Wildman–Crippen MR) is 88.5 cm³/mol. The van der Waals surface area contributed by atoms with Crippen molar-refractivity contribution >= 4 is 28.2 Å². The van der Waals surface area contributed by atoms with Crippen molar-refractivity contribution in [1.29, 1.82) is 0 Å². The molecule has 3 rings (SSSR count). The summed E-state index contributed by atoms with van der Waals surface area (Å²) in [5.74, 6) is -0.574. The van der Waals surface area contributed by atoms with Crippen molar-refractivity contribution in [1.82, 2.24) is 4.98 Å². The Morgan fingerprint density at radius 1 is 1.27 bits per heavy atom. The molecule has 22 heavy (non-hydrogen) atoms. The summed E-state index contributed by atoms with van der Waals surface area (Å²) in [6, 6.07) is 9.05. The highest BCUT2D eigenvalue weighted by Crippen LogP contribution is 2.25. The first-order valence-corrected chi connectivity index (χ1v) is 8.01. The molecule has 0 bridgehead atoms. The highest BCUT2D eigenvalue weighted by molar-refractivity contribution is 7.08. The number of carbonyl (C=O) groups excluding carboxylic acids is 1. The lowest BCUT2D eigenvalue weighted by Crippen LogP contribution is -2.20. The van der Waals surface area contributed by atoms with Crippen molar-refractivity contribution in [3.05, 3.63) is 56.9 Å². The van der Waals surface area contributed by atoms with Gasteiger partial charge in [0, 0.05) is 21.8 Å². The van der Waals surface area contributed by atoms with Crippen LogP contribution in [0, 0.1) is 0 Å². The summed E-state index contributed by atoms with van der Waals surface area (Å²) in [5, 5.41) is 4.30. The molecule has 2 aromatic heterocycles. The van der Waals surface area contributed by atoms with Crippen LogP contribution in [0.5, 0.6) is 0 Å². The normalized spacial score (nSPS) is 10.8. The summed E-state index contributed by atoms with van der Waals surface area (Å²) < 4.78 is 5.19. The van der Waals surface area contributed by atoms with Gasteiger partial charge in [-0.3, -0.25) is 4.79 Å². The van der Waals surface area contributed by atoms with Crippen LogP contribution in [-0.2, 0) is 4.74 Å². The van der Waals surface area contributed by atoms with Crippen LogP contribution in [0.4, 0.5) is 0 Å². The van der Waals surface area contributed by atoms with E-state index >= 15 is 0 Å². The van der Waals surface area contributed by atoms with Gasteiger partial charge in [-0.25, -0.2) is 4.79 Å². The summed E-state index contributed by atoms with van der Waals surface area (Å²) in [4.78, 5) is 28.3. The zero-order chi connectivity index (χ0) is 15.5. The number of aromatic amines is 1. The Bertz CT molecular complexity index is 865. The molecule has 0 fully saturated rings. The van der Waals surface area contributed by atoms with Crippen LogP contribution in [0.25, 0.3) is 22.2 Å². The smallest absolute Gasteiger partial charge is 0.344 e. The minimum Gasteiger partial charge on any atom is -0.462 e. The van der Waals surface area contributed by atoms with Gasteiger partial charge in [-0.15, -0.1) is 0 Å². The number of rotatable bonds is 4. The highest BCUT2D eigenvalue weighted by atomic mass is 32.1. The van der Waals surface area contributed by atoms with E-state index in [-0.39, 0.29) is 11.0 Å². The third-order valence-corrected chi connectivity index (χ3v) is 4.04. The summed E-state index contributed by atoms with van der Waals surface area (Å²) in [7, 11) is 0. The molecule has 112 valence electrons. The second-order valence-corrected chi connectivity index (χ2v) is 5.68. The topological polar surface area (TPSA) is 59.2 Å². The van der Waals surface area contributed by atoms with Crippen LogP contribution in [0.15, 0.2) is 45.9 Å². The Morgan fingerprint density at radius 2 is 2.09 bits per heavy atom. The molecular weight excluding hydrogens is 298 g/mol. The van der Waals surface area contributed by atoms with Crippen LogP contribution >= 0.6 is 11.3 Å². The predicted octanol–water partition coefficient (Wildman–Crippen LogP) is 3.82. The lowest BCUT2D eigenvalue weighted by molar-refractivity contribution is 0.0504. The quantitative estimate of drug-likeness (QED) is 0.745. The maximum absolute atomic E-state index is 12.7. The van der Waals surface area contributed by atoms with E-state index in [1.807, 2.05) is 35.9 Å². The lowest BCUT2D eigenvalue weighted by atomic mass is 10.0. The fourth-order valence-corrected chi connectivity index (χ4v) is 2.97. The molecule has 0 saturated heterocycles. The zero-order valence-corrected chi connectivity index (χ0v) is 12.9. The Balaban J connectivity index is 2.27. The molecule has 5 heteroatoms. The number of esters is 1. The standard InChI is InChI=1S/C17H15NO3S/c1-2-8-21-17(20)14-15(11-7-9-22-10-11)18-13-6-4-3-5-12(13)16(14)19/h3-7,9-10H,2,8H2,1H3,(H,18,19). The molecule has 0 aliphatic carbocycles. The Morgan fingerprint density at radius 3 is 2.82 bits per heavy atom. The molecule has 4 nitrogen and oxygen atoms in total. The summed E-state index contributed by atoms with van der Waals surface area (Å²) in [6.45, 7) is 2.21. The van der Waals surface area contributed by atoms with E-state index in [1.165, 1.54) is 11.3 Å². The number of thiophene rings is 1. The Kier molecular flexibility index (Phi) is 4.06. The highest BCUT2D eigenvalue weighted by Gasteiger charge is 2.21. The minimum absolute atomic E-state index is 0.0746. The number of aromatic nitrogens is 1. The summed E-state index contributed by atoms with van der Waals surface area (Å²) >= 11 is 1.51. The summed E-state index contributed by atoms with van der Waals surface area (Å²) in [6.07, 6.45) is 0.713. The largest absolute Gasteiger partial charge is 0.462 e. The van der Waals surface area contributed by atoms with Gasteiger partial charge in [0.15, 0.2) is 0 Å². The molecule has 0 unspecified atom stereocenters. The molecule has 0 radical (unpaired) electrons. The molecule has 0 spiro atoms. The first kappa shape index (κ1) is 14.5. The van der Waals surface area contributed by atoms with Gasteiger partial charge in [-0.2, -0.15) is 11.3 Å². The molecule has 1 N–H and O–H groups in total. The second-order valence-electron chi connectivity index (χ2n) is 4.90. The minimum atomic E-state index is -0.574. The number of fused-ring (bicyclic) bond motifs is 1. The van der Waals surface area contributed by atoms with Crippen molar-refractivity contribution in [2.45, 2.75) is 13.3 Å². The number of nitrogens with one attached hydrogen (secondary N) is 1. The van der Waals surface area contributed by atoms with Gasteiger partial charge in [0.1, 0.15) is 5.56 Å². The number of hydrogen-bond donors (Lipinski definition) is 1. The number of benzene rings is 1. The van der Waals surface area contributed by atoms with Crippen LogP contribution < -0.4 is 5.43 Å². The first-order valence-electron chi connectivity index (χ1n) is 7.07. The van der Waals surface area contributed by atoms with E-state index in [9.17, 15) is 9.59 Å². The number of pyridine rings is 1. The van der Waals surface area contributed by atoms with Crippen LogP contribution in [0.1, 0.15) is 23.7 Å². The fraction of sp³-hybridized carbons (Fsp3) is 0.176. The lowest BCUT2D eigenvalue weighted by Gasteiger charge is -2.10. The molecule has 3 aromatic rings. The molecule has 0 aliphatic rings. The number of H-pyrrole nitrogens is 1. The number of ether oxygens (including phenoxy) is 1. The molecule has 2 heterocycles. The third kappa shape index (κ3) is 2.55. The second kappa shape index (κ2) is 6.15. The van der Waals surface area contributed by atoms with E-state index in [4.69, 9.17) is 4.74 Å². The van der Waals surface area contributed by atoms with E-state index in [0.717, 1.165) is 5.56 Å². The van der Waals surface area contributed by atoms with Gasteiger partial charge in [0.05, 0.1) is 12.3 Å².